The first kappa shape index (κ1) is 12.4. The predicted octanol–water partition coefficient (Wildman–Crippen LogP) is 2.32. The maximum absolute atomic E-state index is 9.60. The van der Waals surface area contributed by atoms with Crippen LogP contribution in [0.5, 0.6) is 0 Å². The molecule has 0 aliphatic carbocycles. The van der Waals surface area contributed by atoms with E-state index in [1.54, 1.807) is 0 Å². The number of fused-ring (bicyclic) bond motifs is 1. The van der Waals surface area contributed by atoms with Gasteiger partial charge in [-0.2, -0.15) is 0 Å². The summed E-state index contributed by atoms with van der Waals surface area (Å²) in [5.41, 5.74) is 1.61. The van der Waals surface area contributed by atoms with E-state index < -0.39 is 6.10 Å². The summed E-state index contributed by atoms with van der Waals surface area (Å²) in [6.45, 7) is 2.87. The molecule has 2 rings (SSSR count). The molecular weight excluding hydrogens is 238 g/mol. The molecule has 0 spiro atoms. The van der Waals surface area contributed by atoms with Crippen LogP contribution in [0.15, 0.2) is 33.9 Å². The summed E-state index contributed by atoms with van der Waals surface area (Å²) < 4.78 is 10.7. The van der Waals surface area contributed by atoms with E-state index in [4.69, 9.17) is 9.15 Å². The first-order chi connectivity index (χ1) is 8.29. The Morgan fingerprint density at radius 3 is 3.06 bits per heavy atom. The zero-order valence-corrected chi connectivity index (χ0v) is 10.4. The fraction of sp³-hybridized carbons (Fsp3) is 0.417. The number of aromatic nitrogens is 1. The lowest BCUT2D eigenvalue weighted by molar-refractivity contribution is 0.0550. The molecule has 0 saturated heterocycles. The molecule has 0 saturated carbocycles. The number of thioether (sulfide) groups is 1. The summed E-state index contributed by atoms with van der Waals surface area (Å²) in [7, 11) is 0. The summed E-state index contributed by atoms with van der Waals surface area (Å²) in [6, 6.07) is 7.61. The van der Waals surface area contributed by atoms with Gasteiger partial charge in [0.15, 0.2) is 5.58 Å². The van der Waals surface area contributed by atoms with Gasteiger partial charge in [-0.15, -0.1) is 0 Å². The van der Waals surface area contributed by atoms with Gasteiger partial charge >= 0.3 is 0 Å². The summed E-state index contributed by atoms with van der Waals surface area (Å²) >= 11 is 1.40. The van der Waals surface area contributed by atoms with Crippen LogP contribution >= 0.6 is 11.8 Å². The smallest absolute Gasteiger partial charge is 0.256 e. The van der Waals surface area contributed by atoms with Crippen molar-refractivity contribution in [3.8, 4) is 0 Å². The number of para-hydroxylation sites is 2. The number of nitrogens with zero attached hydrogens (tertiary/aromatic N) is 1. The van der Waals surface area contributed by atoms with Gasteiger partial charge < -0.3 is 14.3 Å². The molecule has 0 amide bonds. The van der Waals surface area contributed by atoms with E-state index in [1.165, 1.54) is 11.8 Å². The third kappa shape index (κ3) is 3.46. The van der Waals surface area contributed by atoms with Crippen molar-refractivity contribution in [2.24, 2.45) is 0 Å². The molecular formula is C12H15NO3S. The number of ether oxygens (including phenoxy) is 1. The van der Waals surface area contributed by atoms with E-state index in [0.717, 1.165) is 11.1 Å². The Balaban J connectivity index is 1.90. The van der Waals surface area contributed by atoms with Crippen LogP contribution in [0.3, 0.4) is 0 Å². The number of oxazole rings is 1. The van der Waals surface area contributed by atoms with Crippen LogP contribution in [0.25, 0.3) is 11.1 Å². The van der Waals surface area contributed by atoms with Crippen LogP contribution in [0, 0.1) is 0 Å². The van der Waals surface area contributed by atoms with Crippen molar-refractivity contribution in [3.05, 3.63) is 24.3 Å². The average Bonchev–Trinajstić information content (AvgIpc) is 2.76. The first-order valence-corrected chi connectivity index (χ1v) is 6.52. The van der Waals surface area contributed by atoms with Gasteiger partial charge in [-0.25, -0.2) is 4.98 Å². The van der Waals surface area contributed by atoms with Crippen LogP contribution in [0.2, 0.25) is 0 Å². The summed E-state index contributed by atoms with van der Waals surface area (Å²) in [5.74, 6) is 0.521. The summed E-state index contributed by atoms with van der Waals surface area (Å²) in [5, 5.41) is 10.2. The van der Waals surface area contributed by atoms with Crippen molar-refractivity contribution in [1.82, 2.24) is 4.98 Å². The summed E-state index contributed by atoms with van der Waals surface area (Å²) in [6.07, 6.45) is -0.491. The molecule has 0 unspecified atom stereocenters. The molecule has 2 aromatic rings. The number of rotatable bonds is 6. The normalized spacial score (nSPS) is 13.1. The van der Waals surface area contributed by atoms with Crippen LogP contribution in [0.1, 0.15) is 6.92 Å². The van der Waals surface area contributed by atoms with Crippen LogP contribution in [-0.4, -0.2) is 35.2 Å². The molecule has 0 aliphatic heterocycles. The van der Waals surface area contributed by atoms with E-state index >= 15 is 0 Å². The monoisotopic (exact) mass is 253 g/mol. The molecule has 1 N–H and O–H groups in total. The topological polar surface area (TPSA) is 55.5 Å². The molecule has 0 bridgehead atoms. The molecule has 0 radical (unpaired) electrons. The maximum Gasteiger partial charge on any atom is 0.256 e. The van der Waals surface area contributed by atoms with Crippen molar-refractivity contribution in [3.63, 3.8) is 0 Å². The standard InChI is InChI=1S/C12H15NO3S/c1-2-15-7-9(14)8-17-12-13-10-5-3-4-6-11(10)16-12/h3-6,9,14H,2,7-8H2,1H3/t9-/m1/s1. The minimum Gasteiger partial charge on any atom is -0.431 e. The molecule has 0 fully saturated rings. The molecule has 5 heteroatoms. The fourth-order valence-corrected chi connectivity index (χ4v) is 2.13. The molecule has 0 aliphatic rings. The quantitative estimate of drug-likeness (QED) is 0.801. The number of aliphatic hydroxyl groups excluding tert-OH is 1. The number of benzene rings is 1. The van der Waals surface area contributed by atoms with Gasteiger partial charge in [0.05, 0.1) is 12.7 Å². The second-order valence-corrected chi connectivity index (χ2v) is 4.54. The van der Waals surface area contributed by atoms with Crippen molar-refractivity contribution < 1.29 is 14.3 Å². The van der Waals surface area contributed by atoms with Gasteiger partial charge in [0, 0.05) is 12.4 Å². The molecule has 1 atom stereocenters. The van der Waals surface area contributed by atoms with Gasteiger partial charge in [0.2, 0.25) is 0 Å². The Bertz CT molecular complexity index is 438. The van der Waals surface area contributed by atoms with Gasteiger partial charge in [0.25, 0.3) is 5.22 Å². The highest BCUT2D eigenvalue weighted by Crippen LogP contribution is 2.23. The zero-order valence-electron chi connectivity index (χ0n) is 9.63. The molecule has 4 nitrogen and oxygen atoms in total. The van der Waals surface area contributed by atoms with E-state index in [2.05, 4.69) is 4.98 Å². The average molecular weight is 253 g/mol. The lowest BCUT2D eigenvalue weighted by Crippen LogP contribution is -2.17. The lowest BCUT2D eigenvalue weighted by Gasteiger charge is -2.07. The van der Waals surface area contributed by atoms with E-state index in [1.807, 2.05) is 31.2 Å². The molecule has 1 heterocycles. The van der Waals surface area contributed by atoms with Gasteiger partial charge in [-0.3, -0.25) is 0 Å². The van der Waals surface area contributed by atoms with Gasteiger partial charge in [-0.1, -0.05) is 23.9 Å². The second kappa shape index (κ2) is 6.05. The second-order valence-electron chi connectivity index (χ2n) is 3.57. The predicted molar refractivity (Wildman–Crippen MR) is 67.2 cm³/mol. The van der Waals surface area contributed by atoms with Crippen LogP contribution in [0.4, 0.5) is 0 Å². The minimum absolute atomic E-state index is 0.351. The third-order valence-corrected chi connectivity index (χ3v) is 3.16. The van der Waals surface area contributed by atoms with Crippen molar-refractivity contribution in [2.75, 3.05) is 19.0 Å². The van der Waals surface area contributed by atoms with Gasteiger partial charge in [0.1, 0.15) is 5.52 Å². The molecule has 17 heavy (non-hydrogen) atoms. The lowest BCUT2D eigenvalue weighted by atomic mass is 10.3. The third-order valence-electron chi connectivity index (χ3n) is 2.19. The Kier molecular flexibility index (Phi) is 4.42. The number of aliphatic hydroxyl groups is 1. The highest BCUT2D eigenvalue weighted by Gasteiger charge is 2.09. The largest absolute Gasteiger partial charge is 0.431 e. The highest BCUT2D eigenvalue weighted by atomic mass is 32.2. The number of hydrogen-bond acceptors (Lipinski definition) is 5. The Morgan fingerprint density at radius 2 is 2.29 bits per heavy atom. The minimum atomic E-state index is -0.491. The Morgan fingerprint density at radius 1 is 1.47 bits per heavy atom. The number of hydrogen-bond donors (Lipinski definition) is 1. The Labute approximate surface area is 104 Å². The van der Waals surface area contributed by atoms with Crippen LogP contribution in [-0.2, 0) is 4.74 Å². The molecule has 92 valence electrons. The van der Waals surface area contributed by atoms with Crippen molar-refractivity contribution in [2.45, 2.75) is 18.3 Å². The summed E-state index contributed by atoms with van der Waals surface area (Å²) in [4.78, 5) is 4.31. The highest BCUT2D eigenvalue weighted by molar-refractivity contribution is 7.99. The zero-order chi connectivity index (χ0) is 12.1. The van der Waals surface area contributed by atoms with E-state index in [9.17, 15) is 5.11 Å². The first-order valence-electron chi connectivity index (χ1n) is 5.53. The van der Waals surface area contributed by atoms with E-state index in [0.29, 0.717) is 24.2 Å². The van der Waals surface area contributed by atoms with Crippen molar-refractivity contribution in [1.29, 1.82) is 0 Å². The van der Waals surface area contributed by atoms with Crippen molar-refractivity contribution >= 4 is 22.9 Å². The van der Waals surface area contributed by atoms with Gasteiger partial charge in [-0.05, 0) is 19.1 Å². The molecule has 1 aromatic carbocycles. The van der Waals surface area contributed by atoms with Crippen LogP contribution < -0.4 is 0 Å². The maximum atomic E-state index is 9.60. The fourth-order valence-electron chi connectivity index (χ4n) is 1.38. The Hall–Kier alpha value is -1.04. The van der Waals surface area contributed by atoms with E-state index in [-0.39, 0.29) is 0 Å². The molecule has 1 aromatic heterocycles. The SMILES string of the molecule is CCOC[C@@H](O)CSc1nc2ccccc2o1.